The SMILES string of the molecule is O=C(O)C(O)c1cc(F)ccc1-c1ccccc1F. The van der Waals surface area contributed by atoms with E-state index in [0.29, 0.717) is 0 Å². The van der Waals surface area contributed by atoms with Crippen LogP contribution in [0.4, 0.5) is 8.78 Å². The van der Waals surface area contributed by atoms with Crippen LogP contribution >= 0.6 is 0 Å². The van der Waals surface area contributed by atoms with Gasteiger partial charge in [0, 0.05) is 11.1 Å². The molecule has 0 bridgehead atoms. The maximum Gasteiger partial charge on any atom is 0.337 e. The molecule has 0 radical (unpaired) electrons. The Morgan fingerprint density at radius 1 is 1.05 bits per heavy atom. The number of aliphatic hydroxyl groups is 1. The number of carbonyl (C=O) groups is 1. The van der Waals surface area contributed by atoms with Crippen molar-refractivity contribution < 1.29 is 23.8 Å². The molecule has 19 heavy (non-hydrogen) atoms. The van der Waals surface area contributed by atoms with Gasteiger partial charge in [0.15, 0.2) is 6.10 Å². The summed E-state index contributed by atoms with van der Waals surface area (Å²) in [6.07, 6.45) is -1.91. The van der Waals surface area contributed by atoms with Crippen molar-refractivity contribution in [1.82, 2.24) is 0 Å². The van der Waals surface area contributed by atoms with Crippen molar-refractivity contribution in [3.05, 3.63) is 59.7 Å². The lowest BCUT2D eigenvalue weighted by atomic mass is 9.95. The molecule has 0 fully saturated rings. The van der Waals surface area contributed by atoms with Gasteiger partial charge in [0.25, 0.3) is 0 Å². The highest BCUT2D eigenvalue weighted by atomic mass is 19.1. The molecule has 2 N–H and O–H groups in total. The molecular formula is C14H10F2O3. The van der Waals surface area contributed by atoms with Crippen LogP contribution in [-0.2, 0) is 4.79 Å². The summed E-state index contributed by atoms with van der Waals surface area (Å²) in [6, 6.07) is 8.90. The monoisotopic (exact) mass is 264 g/mol. The van der Waals surface area contributed by atoms with Gasteiger partial charge in [-0.1, -0.05) is 24.3 Å². The molecule has 0 spiro atoms. The highest BCUT2D eigenvalue weighted by molar-refractivity contribution is 5.79. The van der Waals surface area contributed by atoms with E-state index in [1.54, 1.807) is 6.07 Å². The van der Waals surface area contributed by atoms with Crippen LogP contribution in [0.2, 0.25) is 0 Å². The lowest BCUT2D eigenvalue weighted by Gasteiger charge is -2.13. The molecule has 3 nitrogen and oxygen atoms in total. The molecule has 0 heterocycles. The zero-order valence-corrected chi connectivity index (χ0v) is 9.68. The van der Waals surface area contributed by atoms with E-state index in [0.717, 1.165) is 12.1 Å². The average molecular weight is 264 g/mol. The molecule has 0 aromatic heterocycles. The van der Waals surface area contributed by atoms with Crippen LogP contribution in [0.15, 0.2) is 42.5 Å². The van der Waals surface area contributed by atoms with Gasteiger partial charge < -0.3 is 10.2 Å². The number of hydrogen-bond donors (Lipinski definition) is 2. The van der Waals surface area contributed by atoms with Gasteiger partial charge in [-0.25, -0.2) is 13.6 Å². The summed E-state index contributed by atoms with van der Waals surface area (Å²) in [5.74, 6) is -2.80. The first-order valence-corrected chi connectivity index (χ1v) is 5.46. The second-order valence-corrected chi connectivity index (χ2v) is 3.95. The Labute approximate surface area is 107 Å². The van der Waals surface area contributed by atoms with Crippen molar-refractivity contribution in [2.45, 2.75) is 6.10 Å². The van der Waals surface area contributed by atoms with Gasteiger partial charge in [-0.05, 0) is 23.8 Å². The molecule has 5 heteroatoms. The van der Waals surface area contributed by atoms with Crippen molar-refractivity contribution in [1.29, 1.82) is 0 Å². The first-order chi connectivity index (χ1) is 9.00. The summed E-state index contributed by atoms with van der Waals surface area (Å²) in [5, 5.41) is 18.4. The smallest absolute Gasteiger partial charge is 0.337 e. The molecule has 0 saturated carbocycles. The summed E-state index contributed by atoms with van der Waals surface area (Å²) in [6.45, 7) is 0. The Morgan fingerprint density at radius 3 is 2.37 bits per heavy atom. The van der Waals surface area contributed by atoms with Crippen molar-refractivity contribution in [3.63, 3.8) is 0 Å². The molecule has 2 aromatic carbocycles. The average Bonchev–Trinajstić information content (AvgIpc) is 2.38. The Morgan fingerprint density at radius 2 is 1.74 bits per heavy atom. The van der Waals surface area contributed by atoms with E-state index >= 15 is 0 Å². The summed E-state index contributed by atoms with van der Waals surface area (Å²) in [5.41, 5.74) is 0.0739. The molecule has 0 saturated heterocycles. The molecule has 2 aromatic rings. The third-order valence-electron chi connectivity index (χ3n) is 2.71. The van der Waals surface area contributed by atoms with Gasteiger partial charge in [0.1, 0.15) is 11.6 Å². The zero-order valence-electron chi connectivity index (χ0n) is 9.68. The molecule has 0 aliphatic heterocycles. The normalized spacial score (nSPS) is 12.2. The molecule has 2 rings (SSSR count). The maximum absolute atomic E-state index is 13.7. The van der Waals surface area contributed by atoms with Crippen LogP contribution in [0.5, 0.6) is 0 Å². The van der Waals surface area contributed by atoms with Gasteiger partial charge in [-0.15, -0.1) is 0 Å². The lowest BCUT2D eigenvalue weighted by molar-refractivity contribution is -0.146. The van der Waals surface area contributed by atoms with Crippen LogP contribution < -0.4 is 0 Å². The van der Waals surface area contributed by atoms with E-state index < -0.39 is 23.7 Å². The van der Waals surface area contributed by atoms with Crippen LogP contribution in [0.1, 0.15) is 11.7 Å². The van der Waals surface area contributed by atoms with Crippen molar-refractivity contribution in [2.75, 3.05) is 0 Å². The topological polar surface area (TPSA) is 57.5 Å². The number of carboxylic acids is 1. The first-order valence-electron chi connectivity index (χ1n) is 5.46. The lowest BCUT2D eigenvalue weighted by Crippen LogP contribution is -2.12. The van der Waals surface area contributed by atoms with Gasteiger partial charge in [0.2, 0.25) is 0 Å². The number of halogens is 2. The summed E-state index contributed by atoms with van der Waals surface area (Å²) in [7, 11) is 0. The number of carboxylic acid groups (broad SMARTS) is 1. The summed E-state index contributed by atoms with van der Waals surface area (Å²) < 4.78 is 26.9. The quantitative estimate of drug-likeness (QED) is 0.896. The molecule has 0 amide bonds. The summed E-state index contributed by atoms with van der Waals surface area (Å²) in [4.78, 5) is 10.8. The van der Waals surface area contributed by atoms with Gasteiger partial charge in [0.05, 0.1) is 0 Å². The van der Waals surface area contributed by atoms with Crippen LogP contribution in [-0.4, -0.2) is 16.2 Å². The largest absolute Gasteiger partial charge is 0.479 e. The van der Waals surface area contributed by atoms with E-state index in [2.05, 4.69) is 0 Å². The third-order valence-corrected chi connectivity index (χ3v) is 2.71. The van der Waals surface area contributed by atoms with E-state index in [1.807, 2.05) is 0 Å². The van der Waals surface area contributed by atoms with E-state index in [4.69, 9.17) is 5.11 Å². The summed E-state index contributed by atoms with van der Waals surface area (Å²) >= 11 is 0. The Balaban J connectivity index is 2.64. The Hall–Kier alpha value is -2.27. The first kappa shape index (κ1) is 13.2. The second kappa shape index (κ2) is 5.16. The van der Waals surface area contributed by atoms with Crippen molar-refractivity contribution in [3.8, 4) is 11.1 Å². The van der Waals surface area contributed by atoms with Gasteiger partial charge >= 0.3 is 5.97 Å². The van der Waals surface area contributed by atoms with Crippen LogP contribution in [0.3, 0.4) is 0 Å². The van der Waals surface area contributed by atoms with E-state index in [1.165, 1.54) is 24.3 Å². The molecule has 1 atom stereocenters. The molecule has 1 unspecified atom stereocenters. The molecule has 0 aliphatic rings. The highest BCUT2D eigenvalue weighted by Gasteiger charge is 2.22. The van der Waals surface area contributed by atoms with E-state index in [-0.39, 0.29) is 16.7 Å². The molecule has 0 aliphatic carbocycles. The predicted octanol–water partition coefficient (Wildman–Crippen LogP) is 2.75. The maximum atomic E-state index is 13.7. The number of benzene rings is 2. The fourth-order valence-electron chi connectivity index (χ4n) is 1.82. The predicted molar refractivity (Wildman–Crippen MR) is 64.4 cm³/mol. The standard InChI is InChI=1S/C14H10F2O3/c15-8-5-6-9(10-3-1-2-4-12(10)16)11(7-8)13(17)14(18)19/h1-7,13,17H,(H,18,19). The second-order valence-electron chi connectivity index (χ2n) is 3.95. The van der Waals surface area contributed by atoms with Crippen molar-refractivity contribution >= 4 is 5.97 Å². The fraction of sp³-hybridized carbons (Fsp3) is 0.0714. The minimum atomic E-state index is -1.91. The van der Waals surface area contributed by atoms with E-state index in [9.17, 15) is 18.7 Å². The number of hydrogen-bond acceptors (Lipinski definition) is 2. The van der Waals surface area contributed by atoms with Gasteiger partial charge in [-0.3, -0.25) is 0 Å². The van der Waals surface area contributed by atoms with Crippen LogP contribution in [0.25, 0.3) is 11.1 Å². The minimum Gasteiger partial charge on any atom is -0.479 e. The molecule has 98 valence electrons. The Kier molecular flexibility index (Phi) is 3.57. The number of rotatable bonds is 3. The number of aliphatic carboxylic acids is 1. The van der Waals surface area contributed by atoms with Crippen molar-refractivity contribution in [2.24, 2.45) is 0 Å². The van der Waals surface area contributed by atoms with Gasteiger partial charge in [-0.2, -0.15) is 0 Å². The zero-order chi connectivity index (χ0) is 14.0. The van der Waals surface area contributed by atoms with Crippen LogP contribution in [0, 0.1) is 11.6 Å². The minimum absolute atomic E-state index is 0.109. The fourth-order valence-corrected chi connectivity index (χ4v) is 1.82. The number of aliphatic hydroxyl groups excluding tert-OH is 1. The Bertz CT molecular complexity index is 626. The third kappa shape index (κ3) is 2.61. The molecular weight excluding hydrogens is 254 g/mol. The highest BCUT2D eigenvalue weighted by Crippen LogP contribution is 2.31.